The van der Waals surface area contributed by atoms with Crippen LogP contribution in [0.5, 0.6) is 0 Å². The molecule has 0 aliphatic heterocycles. The number of anilines is 1. The summed E-state index contributed by atoms with van der Waals surface area (Å²) in [6, 6.07) is 6.23. The lowest BCUT2D eigenvalue weighted by Gasteiger charge is -2.08. The van der Waals surface area contributed by atoms with Gasteiger partial charge in [0.15, 0.2) is 5.03 Å². The minimum absolute atomic E-state index is 0.0848. The molecule has 0 aliphatic rings. The van der Waals surface area contributed by atoms with Crippen LogP contribution in [-0.2, 0) is 17.1 Å². The first-order valence-electron chi connectivity index (χ1n) is 4.86. The number of rotatable bonds is 3. The van der Waals surface area contributed by atoms with E-state index in [2.05, 4.69) is 25.8 Å². The Hall–Kier alpha value is -1.05. The molecule has 0 saturated carbocycles. The summed E-state index contributed by atoms with van der Waals surface area (Å²) in [5.74, 6) is 0. The number of hydrogen-bond donors (Lipinski definition) is 1. The summed E-state index contributed by atoms with van der Waals surface area (Å²) < 4.78 is 28.5. The third kappa shape index (κ3) is 2.68. The summed E-state index contributed by atoms with van der Waals surface area (Å²) in [5, 5.41) is 4.34. The SMILES string of the molecule is Cn1nccc1S(=O)(=O)Nc1ccc(Br)c(Cl)c1. The average molecular weight is 351 g/mol. The van der Waals surface area contributed by atoms with Gasteiger partial charge < -0.3 is 0 Å². The summed E-state index contributed by atoms with van der Waals surface area (Å²) >= 11 is 9.14. The fraction of sp³-hybridized carbons (Fsp3) is 0.100. The lowest BCUT2D eigenvalue weighted by Crippen LogP contribution is -2.16. The number of nitrogens with one attached hydrogen (secondary N) is 1. The number of nitrogens with zero attached hydrogens (tertiary/aromatic N) is 2. The van der Waals surface area contributed by atoms with Crippen molar-refractivity contribution in [3.05, 3.63) is 40.0 Å². The Morgan fingerprint density at radius 1 is 1.39 bits per heavy atom. The van der Waals surface area contributed by atoms with Crippen LogP contribution in [0.25, 0.3) is 0 Å². The van der Waals surface area contributed by atoms with Crippen molar-refractivity contribution in [3.8, 4) is 0 Å². The molecule has 8 heteroatoms. The van der Waals surface area contributed by atoms with Crippen LogP contribution in [0.4, 0.5) is 5.69 Å². The molecule has 0 amide bonds. The van der Waals surface area contributed by atoms with Crippen LogP contribution >= 0.6 is 27.5 Å². The number of sulfonamides is 1. The highest BCUT2D eigenvalue weighted by molar-refractivity contribution is 9.10. The maximum atomic E-state index is 12.1. The molecule has 0 atom stereocenters. The molecule has 2 rings (SSSR count). The second kappa shape index (κ2) is 4.91. The highest BCUT2D eigenvalue weighted by Crippen LogP contribution is 2.26. The first-order chi connectivity index (χ1) is 8.40. The van der Waals surface area contributed by atoms with Crippen LogP contribution in [0.15, 0.2) is 40.0 Å². The fourth-order valence-corrected chi connectivity index (χ4v) is 3.00. The maximum Gasteiger partial charge on any atom is 0.279 e. The van der Waals surface area contributed by atoms with Crippen molar-refractivity contribution in [3.63, 3.8) is 0 Å². The Labute approximate surface area is 118 Å². The quantitative estimate of drug-likeness (QED) is 0.925. The highest BCUT2D eigenvalue weighted by Gasteiger charge is 2.18. The molecular weight excluding hydrogens is 342 g/mol. The molecule has 0 saturated heterocycles. The minimum Gasteiger partial charge on any atom is -0.278 e. The van der Waals surface area contributed by atoms with E-state index in [1.165, 1.54) is 23.0 Å². The predicted molar refractivity (Wildman–Crippen MR) is 73.2 cm³/mol. The van der Waals surface area contributed by atoms with Gasteiger partial charge in [0, 0.05) is 11.5 Å². The first-order valence-corrected chi connectivity index (χ1v) is 7.51. The number of hydrogen-bond acceptors (Lipinski definition) is 3. The Kier molecular flexibility index (Phi) is 3.65. The van der Waals surface area contributed by atoms with Gasteiger partial charge in [0.05, 0.1) is 16.9 Å². The largest absolute Gasteiger partial charge is 0.279 e. The normalized spacial score (nSPS) is 11.5. The van der Waals surface area contributed by atoms with E-state index in [4.69, 9.17) is 11.6 Å². The van der Waals surface area contributed by atoms with E-state index in [9.17, 15) is 8.42 Å². The van der Waals surface area contributed by atoms with Gasteiger partial charge in [-0.1, -0.05) is 11.6 Å². The molecule has 1 N–H and O–H groups in total. The van der Waals surface area contributed by atoms with E-state index in [0.29, 0.717) is 15.2 Å². The third-order valence-electron chi connectivity index (χ3n) is 2.22. The zero-order chi connectivity index (χ0) is 13.3. The number of benzene rings is 1. The van der Waals surface area contributed by atoms with Crippen molar-refractivity contribution < 1.29 is 8.42 Å². The van der Waals surface area contributed by atoms with Crippen LogP contribution in [0.1, 0.15) is 0 Å². The molecule has 0 bridgehead atoms. The van der Waals surface area contributed by atoms with Gasteiger partial charge in [-0.2, -0.15) is 13.5 Å². The van der Waals surface area contributed by atoms with Crippen molar-refractivity contribution >= 4 is 43.2 Å². The van der Waals surface area contributed by atoms with Gasteiger partial charge in [-0.3, -0.25) is 9.40 Å². The van der Waals surface area contributed by atoms with Gasteiger partial charge >= 0.3 is 0 Å². The number of aryl methyl sites for hydroxylation is 1. The molecule has 0 fully saturated rings. The lowest BCUT2D eigenvalue weighted by atomic mass is 10.3. The van der Waals surface area contributed by atoms with Crippen molar-refractivity contribution in [2.45, 2.75) is 5.03 Å². The molecule has 96 valence electrons. The van der Waals surface area contributed by atoms with Gasteiger partial charge in [-0.15, -0.1) is 0 Å². The van der Waals surface area contributed by atoms with Crippen LogP contribution in [0.2, 0.25) is 5.02 Å². The predicted octanol–water partition coefficient (Wildman–Crippen LogP) is 2.64. The third-order valence-corrected chi connectivity index (χ3v) is 4.91. The van der Waals surface area contributed by atoms with Crippen LogP contribution in [0.3, 0.4) is 0 Å². The van der Waals surface area contributed by atoms with Crippen molar-refractivity contribution in [1.29, 1.82) is 0 Å². The van der Waals surface area contributed by atoms with Crippen molar-refractivity contribution in [2.75, 3.05) is 4.72 Å². The summed E-state index contributed by atoms with van der Waals surface area (Å²) in [6.45, 7) is 0. The van der Waals surface area contributed by atoms with Crippen LogP contribution in [0, 0.1) is 0 Å². The van der Waals surface area contributed by atoms with Gasteiger partial charge in [0.25, 0.3) is 10.0 Å². The standard InChI is InChI=1S/C10H9BrClN3O2S/c1-15-10(4-5-13-15)18(16,17)14-7-2-3-8(11)9(12)6-7/h2-6,14H,1H3. The first kappa shape index (κ1) is 13.4. The van der Waals surface area contributed by atoms with Gasteiger partial charge in [-0.05, 0) is 40.2 Å². The molecule has 0 spiro atoms. The minimum atomic E-state index is -3.65. The molecule has 5 nitrogen and oxygen atoms in total. The molecule has 1 aromatic carbocycles. The number of halogens is 2. The van der Waals surface area contributed by atoms with E-state index < -0.39 is 10.0 Å². The average Bonchev–Trinajstić information content (AvgIpc) is 2.70. The zero-order valence-electron chi connectivity index (χ0n) is 9.26. The van der Waals surface area contributed by atoms with Gasteiger partial charge in [0.1, 0.15) is 0 Å². The second-order valence-electron chi connectivity index (χ2n) is 3.53. The molecule has 1 heterocycles. The molecule has 18 heavy (non-hydrogen) atoms. The molecule has 0 aliphatic carbocycles. The van der Waals surface area contributed by atoms with Gasteiger partial charge in [-0.25, -0.2) is 0 Å². The molecular formula is C10H9BrClN3O2S. The summed E-state index contributed by atoms with van der Waals surface area (Å²) in [4.78, 5) is 0. The van der Waals surface area contributed by atoms with E-state index in [1.54, 1.807) is 19.2 Å². The van der Waals surface area contributed by atoms with Crippen molar-refractivity contribution in [1.82, 2.24) is 9.78 Å². The fourth-order valence-electron chi connectivity index (χ4n) is 1.39. The van der Waals surface area contributed by atoms with Crippen LogP contribution < -0.4 is 4.72 Å². The Bertz CT molecular complexity index is 684. The Morgan fingerprint density at radius 2 is 2.11 bits per heavy atom. The second-order valence-corrected chi connectivity index (χ2v) is 6.42. The molecule has 2 aromatic rings. The monoisotopic (exact) mass is 349 g/mol. The lowest BCUT2D eigenvalue weighted by molar-refractivity contribution is 0.582. The Balaban J connectivity index is 2.34. The molecule has 0 unspecified atom stereocenters. The van der Waals surface area contributed by atoms with E-state index in [-0.39, 0.29) is 5.03 Å². The maximum absolute atomic E-state index is 12.1. The van der Waals surface area contributed by atoms with Crippen molar-refractivity contribution in [2.24, 2.45) is 7.05 Å². The van der Waals surface area contributed by atoms with E-state index in [1.807, 2.05) is 0 Å². The smallest absolute Gasteiger partial charge is 0.278 e. The topological polar surface area (TPSA) is 64.0 Å². The zero-order valence-corrected chi connectivity index (χ0v) is 12.4. The Morgan fingerprint density at radius 3 is 2.67 bits per heavy atom. The van der Waals surface area contributed by atoms with E-state index >= 15 is 0 Å². The summed E-state index contributed by atoms with van der Waals surface area (Å²) in [5.41, 5.74) is 0.393. The number of aromatic nitrogens is 2. The summed E-state index contributed by atoms with van der Waals surface area (Å²) in [6.07, 6.45) is 1.42. The highest BCUT2D eigenvalue weighted by atomic mass is 79.9. The summed E-state index contributed by atoms with van der Waals surface area (Å²) in [7, 11) is -2.10. The molecule has 0 radical (unpaired) electrons. The van der Waals surface area contributed by atoms with Gasteiger partial charge in [0.2, 0.25) is 0 Å². The van der Waals surface area contributed by atoms with Crippen LogP contribution in [-0.4, -0.2) is 18.2 Å². The molecule has 1 aromatic heterocycles. The van der Waals surface area contributed by atoms with E-state index in [0.717, 1.165) is 0 Å².